The van der Waals surface area contributed by atoms with Gasteiger partial charge in [0.15, 0.2) is 0 Å². The van der Waals surface area contributed by atoms with E-state index in [-0.39, 0.29) is 17.6 Å². The zero-order chi connectivity index (χ0) is 19.5. The lowest BCUT2D eigenvalue weighted by atomic mass is 9.75. The van der Waals surface area contributed by atoms with Crippen molar-refractivity contribution < 1.29 is 18.8 Å². The van der Waals surface area contributed by atoms with Crippen molar-refractivity contribution in [1.29, 1.82) is 0 Å². The van der Waals surface area contributed by atoms with Crippen molar-refractivity contribution in [3.8, 4) is 11.3 Å². The molecule has 3 aliphatic rings. The van der Waals surface area contributed by atoms with E-state index in [0.717, 1.165) is 43.7 Å². The minimum atomic E-state index is -0.258. The molecule has 5 rings (SSSR count). The molecule has 2 bridgehead atoms. The molecule has 3 aliphatic heterocycles. The molecule has 1 aromatic heterocycles. The van der Waals surface area contributed by atoms with Crippen LogP contribution in [0.15, 0.2) is 30.5 Å². The smallest absolute Gasteiger partial charge is 0.229 e. The second-order valence-electron chi connectivity index (χ2n) is 7.82. The Labute approximate surface area is 163 Å². The van der Waals surface area contributed by atoms with E-state index in [9.17, 15) is 9.18 Å². The molecule has 3 fully saturated rings. The average Bonchev–Trinajstić information content (AvgIpc) is 3.17. The van der Waals surface area contributed by atoms with Crippen LogP contribution >= 0.6 is 0 Å². The number of halogens is 1. The molecule has 2 N–H and O–H groups in total. The summed E-state index contributed by atoms with van der Waals surface area (Å²) >= 11 is 0. The van der Waals surface area contributed by atoms with E-state index in [4.69, 9.17) is 4.74 Å². The average molecular weight is 388 g/mol. The van der Waals surface area contributed by atoms with E-state index >= 15 is 0 Å². The number of ether oxygens (including phenoxy) is 1. The maximum Gasteiger partial charge on any atom is 0.229 e. The van der Waals surface area contributed by atoms with Gasteiger partial charge in [-0.05, 0) is 30.2 Å². The highest BCUT2D eigenvalue weighted by molar-refractivity contribution is 5.79. The van der Waals surface area contributed by atoms with Gasteiger partial charge in [0.2, 0.25) is 5.91 Å². The van der Waals surface area contributed by atoms with Crippen LogP contribution in [0.4, 0.5) is 4.39 Å². The van der Waals surface area contributed by atoms with Crippen molar-refractivity contribution in [3.05, 3.63) is 36.3 Å². The van der Waals surface area contributed by atoms with Gasteiger partial charge in [-0.25, -0.2) is 9.07 Å². The van der Waals surface area contributed by atoms with E-state index in [0.29, 0.717) is 25.1 Å². The first-order valence-corrected chi connectivity index (χ1v) is 9.91. The number of carbonyl (C=O) groups is 1. The number of carbonyl (C=O) groups excluding carboxylic acids is 1. The summed E-state index contributed by atoms with van der Waals surface area (Å²) in [5.74, 6) is 0.441. The number of methoxy groups -OCH3 is 1. The van der Waals surface area contributed by atoms with Crippen molar-refractivity contribution in [1.82, 2.24) is 20.3 Å². The second kappa shape index (κ2) is 8.36. The molecule has 4 atom stereocenters. The van der Waals surface area contributed by atoms with Crippen LogP contribution in [0.25, 0.3) is 11.3 Å². The summed E-state index contributed by atoms with van der Waals surface area (Å²) in [5, 5.41) is 11.5. The number of fused-ring (bicyclic) bond motifs is 3. The SMILES string of the molecule is COCCNC(=O)[C@H]1C[NH+]2CC[C@H]1C[C@@H]2Cn1cc(-c2ccc(F)cc2)nn1. The predicted octanol–water partition coefficient (Wildman–Crippen LogP) is 0.140. The van der Waals surface area contributed by atoms with Crippen LogP contribution in [0.5, 0.6) is 0 Å². The van der Waals surface area contributed by atoms with Gasteiger partial charge in [-0.3, -0.25) is 4.79 Å². The highest BCUT2D eigenvalue weighted by Gasteiger charge is 2.46. The van der Waals surface area contributed by atoms with E-state index in [1.807, 2.05) is 10.9 Å². The first-order chi connectivity index (χ1) is 13.6. The first-order valence-electron chi connectivity index (χ1n) is 9.91. The number of hydrogen-bond donors (Lipinski definition) is 2. The van der Waals surface area contributed by atoms with Gasteiger partial charge in [0, 0.05) is 32.1 Å². The number of aromatic nitrogens is 3. The van der Waals surface area contributed by atoms with Gasteiger partial charge in [0.1, 0.15) is 17.6 Å². The van der Waals surface area contributed by atoms with E-state index < -0.39 is 0 Å². The summed E-state index contributed by atoms with van der Waals surface area (Å²) in [6.07, 6.45) is 4.06. The summed E-state index contributed by atoms with van der Waals surface area (Å²) in [4.78, 5) is 14.0. The van der Waals surface area contributed by atoms with Crippen molar-refractivity contribution >= 4 is 5.91 Å². The number of nitrogens with one attached hydrogen (secondary N) is 2. The fourth-order valence-electron chi connectivity index (χ4n) is 4.59. The van der Waals surface area contributed by atoms with Crippen molar-refractivity contribution in [2.45, 2.75) is 25.4 Å². The second-order valence-corrected chi connectivity index (χ2v) is 7.82. The normalized spacial score (nSPS) is 26.4. The number of amides is 1. The molecule has 3 saturated heterocycles. The largest absolute Gasteiger partial charge is 0.383 e. The summed E-state index contributed by atoms with van der Waals surface area (Å²) < 4.78 is 20.0. The predicted molar refractivity (Wildman–Crippen MR) is 101 cm³/mol. The molecule has 0 radical (unpaired) electrons. The number of hydrogen-bond acceptors (Lipinski definition) is 4. The fraction of sp³-hybridized carbons (Fsp3) is 0.550. The van der Waals surface area contributed by atoms with Crippen LogP contribution in [0.2, 0.25) is 0 Å². The van der Waals surface area contributed by atoms with E-state index in [2.05, 4.69) is 15.6 Å². The number of piperidine rings is 3. The highest BCUT2D eigenvalue weighted by atomic mass is 19.1. The fourth-order valence-corrected chi connectivity index (χ4v) is 4.59. The lowest BCUT2D eigenvalue weighted by molar-refractivity contribution is -0.945. The minimum Gasteiger partial charge on any atom is -0.383 e. The molecular weight excluding hydrogens is 361 g/mol. The Morgan fingerprint density at radius 2 is 2.21 bits per heavy atom. The zero-order valence-corrected chi connectivity index (χ0v) is 16.1. The van der Waals surface area contributed by atoms with Crippen LogP contribution in [0, 0.1) is 17.7 Å². The Kier molecular flexibility index (Phi) is 5.68. The first kappa shape index (κ1) is 19.0. The topological polar surface area (TPSA) is 73.5 Å². The number of quaternary nitrogens is 1. The molecule has 4 heterocycles. The lowest BCUT2D eigenvalue weighted by Crippen LogP contribution is -3.20. The van der Waals surface area contributed by atoms with E-state index in [1.165, 1.54) is 17.0 Å². The molecule has 0 spiro atoms. The van der Waals surface area contributed by atoms with Gasteiger partial charge in [-0.15, -0.1) is 5.10 Å². The van der Waals surface area contributed by atoms with E-state index in [1.54, 1.807) is 19.2 Å². The van der Waals surface area contributed by atoms with Gasteiger partial charge in [-0.1, -0.05) is 5.21 Å². The molecule has 1 aromatic carbocycles. The summed E-state index contributed by atoms with van der Waals surface area (Å²) in [5.41, 5.74) is 1.61. The third-order valence-electron chi connectivity index (χ3n) is 6.08. The quantitative estimate of drug-likeness (QED) is 0.662. The lowest BCUT2D eigenvalue weighted by Gasteiger charge is -2.46. The molecular formula is C20H27FN5O2+. The third-order valence-corrected chi connectivity index (χ3v) is 6.08. The molecule has 7 nitrogen and oxygen atoms in total. The Morgan fingerprint density at radius 3 is 2.93 bits per heavy atom. The number of rotatable bonds is 7. The van der Waals surface area contributed by atoms with Crippen molar-refractivity contribution in [3.63, 3.8) is 0 Å². The molecule has 1 amide bonds. The molecule has 150 valence electrons. The van der Waals surface area contributed by atoms with Gasteiger partial charge in [0.25, 0.3) is 0 Å². The molecule has 2 aromatic rings. The molecule has 1 unspecified atom stereocenters. The standard InChI is InChI=1S/C20H26FN5O2/c1-28-9-7-22-20(27)18-12-25-8-6-15(18)10-17(25)11-26-13-19(23-24-26)14-2-4-16(21)5-3-14/h2-5,13,15,17-18H,6-12H2,1H3,(H,22,27)/p+1/t15-,17+,18-/m0/s1. The van der Waals surface area contributed by atoms with Crippen LogP contribution in [0.3, 0.4) is 0 Å². The molecule has 0 aliphatic carbocycles. The maximum absolute atomic E-state index is 13.1. The Balaban J connectivity index is 1.36. The zero-order valence-electron chi connectivity index (χ0n) is 16.1. The number of nitrogens with zero attached hydrogens (tertiary/aromatic N) is 3. The third kappa shape index (κ3) is 4.07. The number of benzene rings is 1. The van der Waals surface area contributed by atoms with Crippen molar-refractivity contribution in [2.24, 2.45) is 11.8 Å². The summed E-state index contributed by atoms with van der Waals surface area (Å²) in [6.45, 7) is 3.90. The van der Waals surface area contributed by atoms with Crippen LogP contribution in [-0.2, 0) is 16.1 Å². The Bertz CT molecular complexity index is 809. The van der Waals surface area contributed by atoms with Gasteiger partial charge in [0.05, 0.1) is 38.4 Å². The highest BCUT2D eigenvalue weighted by Crippen LogP contribution is 2.28. The monoisotopic (exact) mass is 388 g/mol. The summed E-state index contributed by atoms with van der Waals surface area (Å²) in [7, 11) is 1.64. The van der Waals surface area contributed by atoms with Crippen LogP contribution in [-0.4, -0.2) is 60.3 Å². The summed E-state index contributed by atoms with van der Waals surface area (Å²) in [6, 6.07) is 6.75. The Hall–Kier alpha value is -2.32. The molecule has 8 heteroatoms. The maximum atomic E-state index is 13.1. The van der Waals surface area contributed by atoms with Crippen LogP contribution in [0.1, 0.15) is 12.8 Å². The Morgan fingerprint density at radius 1 is 1.39 bits per heavy atom. The van der Waals surface area contributed by atoms with Crippen molar-refractivity contribution in [2.75, 3.05) is 33.4 Å². The van der Waals surface area contributed by atoms with Gasteiger partial charge < -0.3 is 15.0 Å². The molecule has 0 saturated carbocycles. The molecule has 28 heavy (non-hydrogen) atoms. The van der Waals surface area contributed by atoms with Crippen LogP contribution < -0.4 is 10.2 Å². The minimum absolute atomic E-state index is 0.0994. The van der Waals surface area contributed by atoms with Gasteiger partial charge >= 0.3 is 0 Å². The van der Waals surface area contributed by atoms with Gasteiger partial charge in [-0.2, -0.15) is 0 Å².